The van der Waals surface area contributed by atoms with E-state index < -0.39 is 0 Å². The predicted octanol–water partition coefficient (Wildman–Crippen LogP) is 0.418. The fourth-order valence-corrected chi connectivity index (χ4v) is 0.196. The van der Waals surface area contributed by atoms with Crippen LogP contribution in [-0.4, -0.2) is 6.91 Å². The van der Waals surface area contributed by atoms with E-state index >= 15 is 0 Å². The fourth-order valence-electron chi connectivity index (χ4n) is 0.196. The van der Waals surface area contributed by atoms with Crippen LogP contribution in [0, 0.1) is 6.16 Å². The van der Waals surface area contributed by atoms with E-state index in [1.54, 1.807) is 19.1 Å². The Hall–Kier alpha value is -0.525. The average Bonchev–Trinajstić information content (AvgIpc) is 1.76. The quantitative estimate of drug-likeness (QED) is 0.426. The minimum absolute atomic E-state index is 1.57. The third-order valence-electron chi connectivity index (χ3n) is 0.379. The van der Waals surface area contributed by atoms with Gasteiger partial charge in [0.1, 0.15) is 0 Å². The molecule has 0 aliphatic carbocycles. The summed E-state index contributed by atoms with van der Waals surface area (Å²) in [6, 6.07) is 0. The maximum absolute atomic E-state index is 4.46. The standard InChI is InChI=1S/C3H2BO/c1-2-5-3-4-1/h1-2H. The Bertz CT molecular complexity index is 63.4. The van der Waals surface area contributed by atoms with Gasteiger partial charge in [-0.15, -0.1) is 0 Å². The summed E-state index contributed by atoms with van der Waals surface area (Å²) in [7, 11) is 0. The third-order valence-corrected chi connectivity index (χ3v) is 0.379. The van der Waals surface area contributed by atoms with Gasteiger partial charge in [0.05, 0.1) is 0 Å². The van der Waals surface area contributed by atoms with Crippen LogP contribution in [0.3, 0.4) is 0 Å². The van der Waals surface area contributed by atoms with Gasteiger partial charge in [-0.25, -0.2) is 0 Å². The molecular formula is C3H2BO. The van der Waals surface area contributed by atoms with E-state index in [4.69, 9.17) is 0 Å². The Balaban J connectivity index is 3.13. The first-order valence-corrected chi connectivity index (χ1v) is 1.40. The van der Waals surface area contributed by atoms with E-state index in [-0.39, 0.29) is 0 Å². The zero-order chi connectivity index (χ0) is 3.54. The van der Waals surface area contributed by atoms with Gasteiger partial charge in [-0.05, 0) is 0 Å². The maximum atomic E-state index is 4.46. The van der Waals surface area contributed by atoms with Crippen LogP contribution in [0.2, 0.25) is 0 Å². The SMILES string of the molecule is b1[c]occ1. The van der Waals surface area contributed by atoms with E-state index in [1.807, 2.05) is 0 Å². The summed E-state index contributed by atoms with van der Waals surface area (Å²) in [5.74, 6) is 1.78. The van der Waals surface area contributed by atoms with Crippen molar-refractivity contribution in [1.82, 2.24) is 0 Å². The van der Waals surface area contributed by atoms with Gasteiger partial charge in [0, 0.05) is 0 Å². The molecule has 0 N–H and O–H groups in total. The third kappa shape index (κ3) is 0.378. The molecule has 5 heavy (non-hydrogen) atoms. The Morgan fingerprint density at radius 3 is 3.00 bits per heavy atom. The summed E-state index contributed by atoms with van der Waals surface area (Å²) in [6.07, 6.45) is 4.06. The molecule has 0 bridgehead atoms. The summed E-state index contributed by atoms with van der Waals surface area (Å²) >= 11 is 0. The van der Waals surface area contributed by atoms with Crippen molar-refractivity contribution in [2.24, 2.45) is 0 Å². The summed E-state index contributed by atoms with van der Waals surface area (Å²) in [4.78, 5) is 0. The van der Waals surface area contributed by atoms with E-state index in [1.165, 1.54) is 0 Å². The number of hydrogen-bond acceptors (Lipinski definition) is 1. The van der Waals surface area contributed by atoms with Crippen LogP contribution in [-0.2, 0) is 0 Å². The molecule has 1 rings (SSSR count). The van der Waals surface area contributed by atoms with Crippen LogP contribution in [0.1, 0.15) is 0 Å². The number of hydrogen-bond donors (Lipinski definition) is 0. The molecule has 2 heteroatoms. The van der Waals surface area contributed by atoms with Gasteiger partial charge >= 0.3 is 29.7 Å². The second-order valence-corrected chi connectivity index (χ2v) is 0.731. The van der Waals surface area contributed by atoms with Crippen molar-refractivity contribution in [2.75, 3.05) is 0 Å². The summed E-state index contributed by atoms with van der Waals surface area (Å²) < 4.78 is 4.46. The van der Waals surface area contributed by atoms with Gasteiger partial charge in [-0.2, -0.15) is 0 Å². The molecular weight excluding hydrogens is 62.8 g/mol. The molecule has 1 nitrogen and oxygen atoms in total. The first kappa shape index (κ1) is 2.70. The van der Waals surface area contributed by atoms with Gasteiger partial charge < -0.3 is 0 Å². The van der Waals surface area contributed by atoms with Gasteiger partial charge in [-0.1, -0.05) is 0 Å². The van der Waals surface area contributed by atoms with Crippen LogP contribution in [0.4, 0.5) is 0 Å². The van der Waals surface area contributed by atoms with Crippen LogP contribution in [0.25, 0.3) is 0 Å². The van der Waals surface area contributed by atoms with Crippen molar-refractivity contribution in [3.05, 3.63) is 18.4 Å². The molecule has 0 atom stereocenters. The van der Waals surface area contributed by atoms with E-state index in [9.17, 15) is 0 Å². The second-order valence-electron chi connectivity index (χ2n) is 0.731. The molecule has 0 aliphatic rings. The van der Waals surface area contributed by atoms with Crippen molar-refractivity contribution in [3.63, 3.8) is 0 Å². The first-order valence-electron chi connectivity index (χ1n) is 1.40. The molecule has 0 fully saturated rings. The molecule has 23 valence electrons. The molecule has 1 aromatic heterocycles. The Morgan fingerprint density at radius 1 is 1.80 bits per heavy atom. The topological polar surface area (TPSA) is 13.1 Å². The first-order chi connectivity index (χ1) is 2.50. The van der Waals surface area contributed by atoms with Crippen LogP contribution >= 0.6 is 0 Å². The monoisotopic (exact) mass is 65.0 g/mol. The summed E-state index contributed by atoms with van der Waals surface area (Å²) in [5.41, 5.74) is 0. The normalized spacial score (nSPS) is 7.20. The molecule has 0 spiro atoms. The molecule has 0 saturated carbocycles. The fraction of sp³-hybridized carbons (Fsp3) is 0. The molecule has 1 aromatic rings. The Labute approximate surface area is 30.8 Å². The van der Waals surface area contributed by atoms with Crippen molar-refractivity contribution < 1.29 is 4.42 Å². The Kier molecular flexibility index (Phi) is 0.574. The van der Waals surface area contributed by atoms with Gasteiger partial charge in [0.25, 0.3) is 0 Å². The average molecular weight is 64.9 g/mol. The molecule has 0 unspecified atom stereocenters. The number of rotatable bonds is 0. The van der Waals surface area contributed by atoms with Gasteiger partial charge in [0.2, 0.25) is 0 Å². The van der Waals surface area contributed by atoms with Crippen LogP contribution in [0.5, 0.6) is 0 Å². The molecule has 1 heterocycles. The molecule has 1 radical (unpaired) electrons. The zero-order valence-corrected chi connectivity index (χ0v) is 2.64. The summed E-state index contributed by atoms with van der Waals surface area (Å²) in [6.45, 7) is 1.71. The van der Waals surface area contributed by atoms with Crippen molar-refractivity contribution in [3.8, 4) is 0 Å². The minimum atomic E-state index is 1.57. The van der Waals surface area contributed by atoms with Crippen molar-refractivity contribution in [1.29, 1.82) is 0 Å². The molecule has 0 saturated heterocycles. The van der Waals surface area contributed by atoms with Crippen molar-refractivity contribution in [2.45, 2.75) is 0 Å². The zero-order valence-electron chi connectivity index (χ0n) is 2.64. The Morgan fingerprint density at radius 2 is 2.80 bits per heavy atom. The molecule has 0 aliphatic heterocycles. The van der Waals surface area contributed by atoms with E-state index in [2.05, 4.69) is 10.6 Å². The van der Waals surface area contributed by atoms with Crippen LogP contribution < -0.4 is 0 Å². The van der Waals surface area contributed by atoms with E-state index in [0.717, 1.165) is 0 Å². The predicted molar refractivity (Wildman–Crippen MR) is 18.9 cm³/mol. The molecule has 0 amide bonds. The summed E-state index contributed by atoms with van der Waals surface area (Å²) in [5, 5.41) is 0. The van der Waals surface area contributed by atoms with Gasteiger partial charge in [0.15, 0.2) is 0 Å². The molecule has 0 aromatic carbocycles. The van der Waals surface area contributed by atoms with Crippen LogP contribution in [0.15, 0.2) is 16.6 Å². The van der Waals surface area contributed by atoms with E-state index in [0.29, 0.717) is 0 Å². The second kappa shape index (κ2) is 1.06. The van der Waals surface area contributed by atoms with Crippen molar-refractivity contribution >= 4 is 6.91 Å². The van der Waals surface area contributed by atoms with Gasteiger partial charge in [-0.3, -0.25) is 0 Å².